The van der Waals surface area contributed by atoms with Gasteiger partial charge in [-0.3, -0.25) is 4.72 Å². The highest BCUT2D eigenvalue weighted by molar-refractivity contribution is 7.92. The molecule has 2 aromatic rings. The van der Waals surface area contributed by atoms with E-state index < -0.39 is 10.0 Å². The highest BCUT2D eigenvalue weighted by Gasteiger charge is 2.24. The Bertz CT molecular complexity index is 867. The summed E-state index contributed by atoms with van der Waals surface area (Å²) in [6.07, 6.45) is 0.839. The molecule has 0 spiro atoms. The third-order valence-electron chi connectivity index (χ3n) is 3.65. The first-order valence-corrected chi connectivity index (χ1v) is 9.50. The van der Waals surface area contributed by atoms with E-state index in [0.29, 0.717) is 28.8 Å². The molecule has 1 atom stereocenters. The van der Waals surface area contributed by atoms with Crippen LogP contribution in [0.25, 0.3) is 0 Å². The van der Waals surface area contributed by atoms with Crippen LogP contribution < -0.4 is 14.2 Å². The molecule has 1 unspecified atom stereocenters. The first-order valence-electron chi connectivity index (χ1n) is 7.64. The summed E-state index contributed by atoms with van der Waals surface area (Å²) >= 11 is 5.89. The van der Waals surface area contributed by atoms with E-state index in [9.17, 15) is 8.42 Å². The first kappa shape index (κ1) is 16.9. The number of ether oxygens (including phenoxy) is 2. The van der Waals surface area contributed by atoms with Crippen LogP contribution in [0.15, 0.2) is 41.3 Å². The number of halogens is 1. The zero-order valence-electron chi connectivity index (χ0n) is 13.4. The Kier molecular flexibility index (Phi) is 4.60. The Morgan fingerprint density at radius 3 is 2.83 bits per heavy atom. The van der Waals surface area contributed by atoms with Crippen molar-refractivity contribution in [2.45, 2.75) is 31.3 Å². The van der Waals surface area contributed by atoms with E-state index in [1.54, 1.807) is 18.2 Å². The lowest BCUT2D eigenvalue weighted by Crippen LogP contribution is -2.14. The molecule has 0 amide bonds. The van der Waals surface area contributed by atoms with Crippen molar-refractivity contribution in [3.05, 3.63) is 47.0 Å². The molecule has 2 aromatic carbocycles. The molecule has 7 heteroatoms. The standard InChI is InChI=1S/C17H18ClNO4S/c1-3-22-17-8-12-7-11(2)23-16(12)10-15(17)19-24(20,21)14-6-4-5-13(18)9-14/h4-6,8-11,19H,3,7H2,1-2H3. The number of rotatable bonds is 5. The Morgan fingerprint density at radius 1 is 1.33 bits per heavy atom. The quantitative estimate of drug-likeness (QED) is 0.871. The van der Waals surface area contributed by atoms with Crippen LogP contribution in [0.5, 0.6) is 11.5 Å². The van der Waals surface area contributed by atoms with Gasteiger partial charge in [0, 0.05) is 23.1 Å². The van der Waals surface area contributed by atoms with Gasteiger partial charge in [0.25, 0.3) is 10.0 Å². The molecule has 1 aliphatic rings. The molecule has 0 radical (unpaired) electrons. The highest BCUT2D eigenvalue weighted by atomic mass is 35.5. The predicted octanol–water partition coefficient (Wildman–Crippen LogP) is 3.86. The minimum absolute atomic E-state index is 0.0641. The molecule has 3 rings (SSSR count). The molecule has 5 nitrogen and oxygen atoms in total. The van der Waals surface area contributed by atoms with Crippen molar-refractivity contribution >= 4 is 27.3 Å². The summed E-state index contributed by atoms with van der Waals surface area (Å²) in [6, 6.07) is 9.60. The first-order chi connectivity index (χ1) is 11.4. The van der Waals surface area contributed by atoms with Gasteiger partial charge in [-0.2, -0.15) is 0 Å². The molecule has 24 heavy (non-hydrogen) atoms. The van der Waals surface area contributed by atoms with Crippen LogP contribution in [0, 0.1) is 0 Å². The van der Waals surface area contributed by atoms with Gasteiger partial charge in [0.2, 0.25) is 0 Å². The normalized spacial score (nSPS) is 16.4. The summed E-state index contributed by atoms with van der Waals surface area (Å²) in [7, 11) is -3.78. The summed E-state index contributed by atoms with van der Waals surface area (Å²) < 4.78 is 39.1. The highest BCUT2D eigenvalue weighted by Crippen LogP contribution is 2.38. The van der Waals surface area contributed by atoms with E-state index in [-0.39, 0.29) is 11.0 Å². The maximum atomic E-state index is 12.6. The van der Waals surface area contributed by atoms with E-state index in [1.807, 2.05) is 19.9 Å². The summed E-state index contributed by atoms with van der Waals surface area (Å²) in [6.45, 7) is 4.25. The lowest BCUT2D eigenvalue weighted by atomic mass is 10.1. The van der Waals surface area contributed by atoms with Crippen LogP contribution in [0.3, 0.4) is 0 Å². The van der Waals surface area contributed by atoms with E-state index in [2.05, 4.69) is 4.72 Å². The SMILES string of the molecule is CCOc1cc2c(cc1NS(=O)(=O)c1cccc(Cl)c1)OC(C)C2. The van der Waals surface area contributed by atoms with Gasteiger partial charge in [-0.05, 0) is 38.1 Å². The van der Waals surface area contributed by atoms with Crippen LogP contribution in [0.4, 0.5) is 5.69 Å². The minimum atomic E-state index is -3.78. The van der Waals surface area contributed by atoms with Gasteiger partial charge in [-0.25, -0.2) is 8.42 Å². The topological polar surface area (TPSA) is 64.6 Å². The monoisotopic (exact) mass is 367 g/mol. The zero-order valence-corrected chi connectivity index (χ0v) is 14.9. The Balaban J connectivity index is 1.98. The largest absolute Gasteiger partial charge is 0.492 e. The fraction of sp³-hybridized carbons (Fsp3) is 0.294. The van der Waals surface area contributed by atoms with Gasteiger partial charge >= 0.3 is 0 Å². The van der Waals surface area contributed by atoms with E-state index in [1.165, 1.54) is 12.1 Å². The smallest absolute Gasteiger partial charge is 0.262 e. The average Bonchev–Trinajstić information content (AvgIpc) is 2.86. The second-order valence-corrected chi connectivity index (χ2v) is 7.70. The van der Waals surface area contributed by atoms with Crippen molar-refractivity contribution in [2.75, 3.05) is 11.3 Å². The Morgan fingerprint density at radius 2 is 2.12 bits per heavy atom. The van der Waals surface area contributed by atoms with Crippen LogP contribution in [0.1, 0.15) is 19.4 Å². The third-order valence-corrected chi connectivity index (χ3v) is 5.25. The van der Waals surface area contributed by atoms with Gasteiger partial charge in [0.05, 0.1) is 17.2 Å². The number of hydrogen-bond acceptors (Lipinski definition) is 4. The number of anilines is 1. The molecule has 0 aliphatic carbocycles. The van der Waals surface area contributed by atoms with Gasteiger partial charge in [0.1, 0.15) is 17.6 Å². The van der Waals surface area contributed by atoms with Gasteiger partial charge in [-0.1, -0.05) is 17.7 Å². The summed E-state index contributed by atoms with van der Waals surface area (Å²) in [5.74, 6) is 1.16. The summed E-state index contributed by atoms with van der Waals surface area (Å²) in [4.78, 5) is 0.0900. The molecule has 1 aliphatic heterocycles. The maximum absolute atomic E-state index is 12.6. The fourth-order valence-corrected chi connectivity index (χ4v) is 3.99. The molecular formula is C17H18ClNO4S. The van der Waals surface area contributed by atoms with Crippen LogP contribution in [0.2, 0.25) is 5.02 Å². The molecule has 0 bridgehead atoms. The van der Waals surface area contributed by atoms with Crippen LogP contribution >= 0.6 is 11.6 Å². The lowest BCUT2D eigenvalue weighted by molar-refractivity contribution is 0.254. The minimum Gasteiger partial charge on any atom is -0.492 e. The summed E-state index contributed by atoms with van der Waals surface area (Å²) in [5, 5.41) is 0.356. The molecular weight excluding hydrogens is 350 g/mol. The van der Waals surface area contributed by atoms with Crippen molar-refractivity contribution in [2.24, 2.45) is 0 Å². The van der Waals surface area contributed by atoms with E-state index in [0.717, 1.165) is 12.0 Å². The number of hydrogen-bond donors (Lipinski definition) is 1. The maximum Gasteiger partial charge on any atom is 0.262 e. The predicted molar refractivity (Wildman–Crippen MR) is 93.7 cm³/mol. The Hall–Kier alpha value is -1.92. The average molecular weight is 368 g/mol. The number of nitrogens with one attached hydrogen (secondary N) is 1. The van der Waals surface area contributed by atoms with Crippen molar-refractivity contribution in [3.8, 4) is 11.5 Å². The van der Waals surface area contributed by atoms with Gasteiger partial charge in [-0.15, -0.1) is 0 Å². The van der Waals surface area contributed by atoms with Crippen molar-refractivity contribution < 1.29 is 17.9 Å². The van der Waals surface area contributed by atoms with Crippen molar-refractivity contribution in [1.29, 1.82) is 0 Å². The number of sulfonamides is 1. The molecule has 1 N–H and O–H groups in total. The van der Waals surface area contributed by atoms with E-state index >= 15 is 0 Å². The third kappa shape index (κ3) is 3.44. The molecule has 0 saturated heterocycles. The van der Waals surface area contributed by atoms with E-state index in [4.69, 9.17) is 21.1 Å². The molecule has 0 saturated carbocycles. The zero-order chi connectivity index (χ0) is 17.3. The van der Waals surface area contributed by atoms with Gasteiger partial charge in [0.15, 0.2) is 0 Å². The fourth-order valence-electron chi connectivity index (χ4n) is 2.63. The Labute approximate surface area is 146 Å². The van der Waals surface area contributed by atoms with Crippen molar-refractivity contribution in [1.82, 2.24) is 0 Å². The van der Waals surface area contributed by atoms with Crippen LogP contribution in [-0.4, -0.2) is 21.1 Å². The molecule has 128 valence electrons. The van der Waals surface area contributed by atoms with Crippen LogP contribution in [-0.2, 0) is 16.4 Å². The molecule has 0 fully saturated rings. The number of benzene rings is 2. The van der Waals surface area contributed by atoms with Gasteiger partial charge < -0.3 is 9.47 Å². The van der Waals surface area contributed by atoms with Crippen molar-refractivity contribution in [3.63, 3.8) is 0 Å². The number of fused-ring (bicyclic) bond motifs is 1. The second-order valence-electron chi connectivity index (χ2n) is 5.58. The second kappa shape index (κ2) is 6.53. The molecule has 0 aromatic heterocycles. The summed E-state index contributed by atoms with van der Waals surface area (Å²) in [5.41, 5.74) is 1.36. The molecule has 1 heterocycles. The lowest BCUT2D eigenvalue weighted by Gasteiger charge is -2.14.